The SMILES string of the molecule is Nc1nsc(NCCCO)c1-c1ccncc1. The maximum Gasteiger partial charge on any atom is 0.147 e. The molecule has 2 aromatic rings. The van der Waals surface area contributed by atoms with Gasteiger partial charge >= 0.3 is 0 Å². The van der Waals surface area contributed by atoms with Crippen LogP contribution in [0.2, 0.25) is 0 Å². The molecule has 0 saturated heterocycles. The normalized spacial score (nSPS) is 10.4. The second kappa shape index (κ2) is 5.60. The van der Waals surface area contributed by atoms with Crippen LogP contribution >= 0.6 is 11.5 Å². The van der Waals surface area contributed by atoms with Gasteiger partial charge in [0.25, 0.3) is 0 Å². The topological polar surface area (TPSA) is 84.1 Å². The van der Waals surface area contributed by atoms with Gasteiger partial charge in [-0.05, 0) is 35.6 Å². The van der Waals surface area contributed by atoms with E-state index >= 15 is 0 Å². The summed E-state index contributed by atoms with van der Waals surface area (Å²) in [6.07, 6.45) is 4.15. The molecular formula is C11H14N4OS. The Kier molecular flexibility index (Phi) is 3.89. The van der Waals surface area contributed by atoms with Crippen molar-refractivity contribution in [2.24, 2.45) is 0 Å². The Balaban J connectivity index is 2.24. The molecule has 6 heteroatoms. The number of hydrogen-bond donors (Lipinski definition) is 3. The molecule has 17 heavy (non-hydrogen) atoms. The molecule has 0 atom stereocenters. The fraction of sp³-hybridized carbons (Fsp3) is 0.273. The Labute approximate surface area is 103 Å². The van der Waals surface area contributed by atoms with Crippen LogP contribution in [0.5, 0.6) is 0 Å². The van der Waals surface area contributed by atoms with Gasteiger partial charge in [-0.15, -0.1) is 0 Å². The number of nitrogen functional groups attached to an aromatic ring is 1. The zero-order chi connectivity index (χ0) is 12.1. The molecule has 0 radical (unpaired) electrons. The van der Waals surface area contributed by atoms with Crippen LogP contribution in [0.25, 0.3) is 11.1 Å². The van der Waals surface area contributed by atoms with Crippen LogP contribution in [0, 0.1) is 0 Å². The van der Waals surface area contributed by atoms with Crippen molar-refractivity contribution in [3.63, 3.8) is 0 Å². The summed E-state index contributed by atoms with van der Waals surface area (Å²) in [4.78, 5) is 3.98. The van der Waals surface area contributed by atoms with Crippen molar-refractivity contribution in [3.8, 4) is 11.1 Å². The summed E-state index contributed by atoms with van der Waals surface area (Å²) < 4.78 is 4.15. The van der Waals surface area contributed by atoms with E-state index in [1.807, 2.05) is 12.1 Å². The van der Waals surface area contributed by atoms with Crippen molar-refractivity contribution < 1.29 is 5.11 Å². The third-order valence-corrected chi connectivity index (χ3v) is 3.13. The highest BCUT2D eigenvalue weighted by Crippen LogP contribution is 2.36. The van der Waals surface area contributed by atoms with Crippen LogP contribution in [-0.4, -0.2) is 27.6 Å². The number of aromatic nitrogens is 2. The minimum absolute atomic E-state index is 0.172. The van der Waals surface area contributed by atoms with Crippen LogP contribution in [0.1, 0.15) is 6.42 Å². The molecule has 4 N–H and O–H groups in total. The van der Waals surface area contributed by atoms with Gasteiger partial charge in [-0.25, -0.2) is 0 Å². The van der Waals surface area contributed by atoms with E-state index in [1.54, 1.807) is 12.4 Å². The van der Waals surface area contributed by atoms with Gasteiger partial charge in [0.15, 0.2) is 0 Å². The van der Waals surface area contributed by atoms with Gasteiger partial charge in [-0.3, -0.25) is 4.98 Å². The first-order valence-electron chi connectivity index (χ1n) is 5.33. The lowest BCUT2D eigenvalue weighted by Gasteiger charge is -2.06. The largest absolute Gasteiger partial charge is 0.396 e. The quantitative estimate of drug-likeness (QED) is 0.702. The van der Waals surface area contributed by atoms with Crippen molar-refractivity contribution in [3.05, 3.63) is 24.5 Å². The van der Waals surface area contributed by atoms with Gasteiger partial charge in [0.05, 0.1) is 5.56 Å². The van der Waals surface area contributed by atoms with Gasteiger partial charge in [0, 0.05) is 25.5 Å². The molecule has 5 nitrogen and oxygen atoms in total. The van der Waals surface area contributed by atoms with Gasteiger partial charge in [0.1, 0.15) is 10.8 Å². The molecule has 0 spiro atoms. The smallest absolute Gasteiger partial charge is 0.147 e. The molecule has 90 valence electrons. The molecule has 0 aliphatic carbocycles. The summed E-state index contributed by atoms with van der Waals surface area (Å²) in [6.45, 7) is 0.877. The summed E-state index contributed by atoms with van der Waals surface area (Å²) >= 11 is 1.33. The fourth-order valence-electron chi connectivity index (χ4n) is 1.50. The molecule has 2 aromatic heterocycles. The summed E-state index contributed by atoms with van der Waals surface area (Å²) in [5.74, 6) is 0.521. The fourth-order valence-corrected chi connectivity index (χ4v) is 2.26. The van der Waals surface area contributed by atoms with E-state index in [0.717, 1.165) is 16.1 Å². The van der Waals surface area contributed by atoms with Crippen molar-refractivity contribution in [2.75, 3.05) is 24.2 Å². The summed E-state index contributed by atoms with van der Waals surface area (Å²) in [5, 5.41) is 12.9. The van der Waals surface area contributed by atoms with Crippen LogP contribution in [0.3, 0.4) is 0 Å². The maximum atomic E-state index is 8.75. The Hall–Kier alpha value is -1.66. The summed E-state index contributed by atoms with van der Waals surface area (Å²) in [5.41, 5.74) is 7.78. The van der Waals surface area contributed by atoms with E-state index < -0.39 is 0 Å². The lowest BCUT2D eigenvalue weighted by molar-refractivity contribution is 0.292. The molecule has 0 saturated carbocycles. The highest BCUT2D eigenvalue weighted by atomic mass is 32.1. The van der Waals surface area contributed by atoms with E-state index in [0.29, 0.717) is 18.8 Å². The van der Waals surface area contributed by atoms with E-state index in [9.17, 15) is 0 Å². The average molecular weight is 250 g/mol. The minimum Gasteiger partial charge on any atom is -0.396 e. The molecule has 2 rings (SSSR count). The number of hydrogen-bond acceptors (Lipinski definition) is 6. The first-order chi connectivity index (χ1) is 8.33. The van der Waals surface area contributed by atoms with E-state index in [-0.39, 0.29) is 6.61 Å². The number of anilines is 2. The van der Waals surface area contributed by atoms with E-state index in [2.05, 4.69) is 14.7 Å². The third kappa shape index (κ3) is 2.72. The number of rotatable bonds is 5. The van der Waals surface area contributed by atoms with Crippen LogP contribution < -0.4 is 11.1 Å². The van der Waals surface area contributed by atoms with Gasteiger partial charge < -0.3 is 16.2 Å². The number of nitrogens with zero attached hydrogens (tertiary/aromatic N) is 2. The summed E-state index contributed by atoms with van der Waals surface area (Å²) in [7, 11) is 0. The lowest BCUT2D eigenvalue weighted by Crippen LogP contribution is -2.03. The Morgan fingerprint density at radius 2 is 2.12 bits per heavy atom. The number of aliphatic hydroxyl groups is 1. The van der Waals surface area contributed by atoms with E-state index in [1.165, 1.54) is 11.5 Å². The van der Waals surface area contributed by atoms with Gasteiger partial charge in [0.2, 0.25) is 0 Å². The van der Waals surface area contributed by atoms with Crippen LogP contribution in [0.4, 0.5) is 10.8 Å². The Bertz CT molecular complexity index is 472. The molecule has 0 amide bonds. The van der Waals surface area contributed by atoms with Crippen molar-refractivity contribution in [1.82, 2.24) is 9.36 Å². The Morgan fingerprint density at radius 3 is 2.82 bits per heavy atom. The molecule has 0 aliphatic rings. The number of nitrogens with one attached hydrogen (secondary N) is 1. The van der Waals surface area contributed by atoms with Gasteiger partial charge in [-0.2, -0.15) is 4.37 Å². The third-order valence-electron chi connectivity index (χ3n) is 2.31. The second-order valence-corrected chi connectivity index (χ2v) is 4.29. The predicted molar refractivity (Wildman–Crippen MR) is 69.9 cm³/mol. The lowest BCUT2D eigenvalue weighted by atomic mass is 10.1. The van der Waals surface area contributed by atoms with Crippen LogP contribution in [-0.2, 0) is 0 Å². The average Bonchev–Trinajstić information content (AvgIpc) is 2.72. The molecule has 0 bridgehead atoms. The second-order valence-electron chi connectivity index (χ2n) is 3.51. The zero-order valence-corrected chi connectivity index (χ0v) is 10.1. The number of pyridine rings is 1. The highest BCUT2D eigenvalue weighted by Gasteiger charge is 2.12. The molecule has 0 fully saturated rings. The Morgan fingerprint density at radius 1 is 1.35 bits per heavy atom. The predicted octanol–water partition coefficient (Wildman–Crippen LogP) is 1.58. The maximum absolute atomic E-state index is 8.75. The van der Waals surface area contributed by atoms with Gasteiger partial charge in [-0.1, -0.05) is 0 Å². The number of aliphatic hydroxyl groups excluding tert-OH is 1. The van der Waals surface area contributed by atoms with Crippen molar-refractivity contribution in [2.45, 2.75) is 6.42 Å². The summed E-state index contributed by atoms with van der Waals surface area (Å²) in [6, 6.07) is 3.80. The zero-order valence-electron chi connectivity index (χ0n) is 9.26. The number of nitrogens with two attached hydrogens (primary N) is 1. The molecule has 0 aromatic carbocycles. The molecule has 2 heterocycles. The van der Waals surface area contributed by atoms with Crippen molar-refractivity contribution >= 4 is 22.4 Å². The van der Waals surface area contributed by atoms with Crippen LogP contribution in [0.15, 0.2) is 24.5 Å². The monoisotopic (exact) mass is 250 g/mol. The standard InChI is InChI=1S/C11H14N4OS/c12-10-9(8-2-5-13-6-3-8)11(17-15-10)14-4-1-7-16/h2-3,5-6,14,16H,1,4,7H2,(H2,12,15). The molecule has 0 aliphatic heterocycles. The first kappa shape index (κ1) is 11.8. The minimum atomic E-state index is 0.172. The highest BCUT2D eigenvalue weighted by molar-refractivity contribution is 7.11. The van der Waals surface area contributed by atoms with E-state index in [4.69, 9.17) is 10.8 Å². The molecule has 0 unspecified atom stereocenters. The first-order valence-corrected chi connectivity index (χ1v) is 6.10. The molecular weight excluding hydrogens is 236 g/mol. The van der Waals surface area contributed by atoms with Crippen molar-refractivity contribution in [1.29, 1.82) is 0 Å².